The van der Waals surface area contributed by atoms with Gasteiger partial charge in [-0.05, 0) is 28.8 Å². The number of fused-ring (bicyclic) bond motifs is 1. The van der Waals surface area contributed by atoms with E-state index >= 15 is 0 Å². The number of hydrogen-bond donors (Lipinski definition) is 1. The van der Waals surface area contributed by atoms with E-state index in [0.717, 1.165) is 27.7 Å². The molecule has 0 unspecified atom stereocenters. The number of rotatable bonds is 4. The first kappa shape index (κ1) is 21.4. The van der Waals surface area contributed by atoms with E-state index in [2.05, 4.69) is 44.7 Å². The molecule has 0 amide bonds. The van der Waals surface area contributed by atoms with Gasteiger partial charge >= 0.3 is 31.1 Å². The number of nitrogens with zero attached hydrogens (tertiary/aromatic N) is 3. The number of halogens is 1. The SMILES string of the molecule is Clc1nc(NCc2ccc[c-]n2)c2c(-c3ccccc3)cccc2n1.[CH3-].[U+2]. The summed E-state index contributed by atoms with van der Waals surface area (Å²) in [5, 5.41) is 4.50. The average molecular weight is 599 g/mol. The smallest absolute Gasteiger partial charge is 0.389 e. The van der Waals surface area contributed by atoms with Gasteiger partial charge in [-0.2, -0.15) is 12.1 Å². The summed E-state index contributed by atoms with van der Waals surface area (Å²) in [6.07, 6.45) is 2.83. The van der Waals surface area contributed by atoms with Crippen molar-refractivity contribution in [1.82, 2.24) is 15.0 Å². The molecule has 0 aliphatic carbocycles. The van der Waals surface area contributed by atoms with Crippen LogP contribution in [0.25, 0.3) is 22.0 Å². The Morgan fingerprint density at radius 3 is 2.48 bits per heavy atom. The van der Waals surface area contributed by atoms with Crippen LogP contribution in [-0.4, -0.2) is 15.0 Å². The molecule has 0 saturated carbocycles. The van der Waals surface area contributed by atoms with Crippen molar-refractivity contribution in [2.75, 3.05) is 5.32 Å². The zero-order valence-corrected chi connectivity index (χ0v) is 19.7. The van der Waals surface area contributed by atoms with Crippen LogP contribution >= 0.6 is 11.6 Å². The van der Waals surface area contributed by atoms with Gasteiger partial charge in [0.2, 0.25) is 5.28 Å². The van der Waals surface area contributed by atoms with Crippen LogP contribution in [-0.2, 0) is 6.54 Å². The predicted molar refractivity (Wildman–Crippen MR) is 107 cm³/mol. The summed E-state index contributed by atoms with van der Waals surface area (Å²) in [5.74, 6) is 0.695. The van der Waals surface area contributed by atoms with Crippen LogP contribution in [0, 0.1) is 44.7 Å². The van der Waals surface area contributed by atoms with Crippen molar-refractivity contribution in [3.63, 3.8) is 0 Å². The quantitative estimate of drug-likeness (QED) is 0.259. The molecule has 0 aliphatic rings. The van der Waals surface area contributed by atoms with Crippen LogP contribution in [0.4, 0.5) is 5.82 Å². The van der Waals surface area contributed by atoms with Crippen LogP contribution in [0.2, 0.25) is 5.28 Å². The van der Waals surface area contributed by atoms with E-state index in [9.17, 15) is 0 Å². The molecule has 0 aliphatic heterocycles. The summed E-state index contributed by atoms with van der Waals surface area (Å²) in [6, 6.07) is 21.8. The molecule has 132 valence electrons. The molecule has 6 heteroatoms. The Morgan fingerprint density at radius 1 is 0.926 bits per heavy atom. The van der Waals surface area contributed by atoms with E-state index in [4.69, 9.17) is 11.6 Å². The Hall–Kier alpha value is -1.93. The summed E-state index contributed by atoms with van der Waals surface area (Å²) in [4.78, 5) is 13.0. The van der Waals surface area contributed by atoms with Gasteiger partial charge in [-0.15, -0.1) is 6.07 Å². The summed E-state index contributed by atoms with van der Waals surface area (Å²) in [5.41, 5.74) is 3.84. The fourth-order valence-corrected chi connectivity index (χ4v) is 2.95. The first-order chi connectivity index (χ1) is 12.3. The van der Waals surface area contributed by atoms with Gasteiger partial charge in [0.25, 0.3) is 0 Å². The maximum absolute atomic E-state index is 6.12. The predicted octanol–water partition coefficient (Wildman–Crippen LogP) is 5.21. The molecule has 1 N–H and O–H groups in total. The second-order valence-electron chi connectivity index (χ2n) is 5.52. The van der Waals surface area contributed by atoms with Gasteiger partial charge < -0.3 is 17.7 Å². The van der Waals surface area contributed by atoms with Crippen molar-refractivity contribution in [3.05, 3.63) is 91.3 Å². The molecule has 0 atom stereocenters. The molecule has 2 heterocycles. The van der Waals surface area contributed by atoms with E-state index < -0.39 is 0 Å². The fraction of sp³-hybridized carbons (Fsp3) is 0.0476. The third-order valence-corrected chi connectivity index (χ3v) is 4.05. The largest absolute Gasteiger partial charge is 2.00 e. The van der Waals surface area contributed by atoms with Crippen LogP contribution in [0.1, 0.15) is 5.69 Å². The van der Waals surface area contributed by atoms with Gasteiger partial charge in [0.1, 0.15) is 5.82 Å². The summed E-state index contributed by atoms with van der Waals surface area (Å²) in [6.45, 7) is 0.531. The molecule has 0 spiro atoms. The van der Waals surface area contributed by atoms with E-state index in [1.165, 1.54) is 0 Å². The van der Waals surface area contributed by atoms with Crippen molar-refractivity contribution >= 4 is 28.3 Å². The first-order valence-corrected chi connectivity index (χ1v) is 8.26. The minimum Gasteiger partial charge on any atom is -0.389 e. The molecule has 0 radical (unpaired) electrons. The topological polar surface area (TPSA) is 50.7 Å². The van der Waals surface area contributed by atoms with Crippen molar-refractivity contribution in [1.29, 1.82) is 0 Å². The van der Waals surface area contributed by atoms with Crippen molar-refractivity contribution in [3.8, 4) is 11.1 Å². The molecule has 0 saturated heterocycles. The van der Waals surface area contributed by atoms with Gasteiger partial charge in [-0.3, -0.25) is 0 Å². The zero-order valence-electron chi connectivity index (χ0n) is 14.8. The summed E-state index contributed by atoms with van der Waals surface area (Å²) in [7, 11) is 0. The molecular formula is C21H17ClN4U. The van der Waals surface area contributed by atoms with Crippen molar-refractivity contribution in [2.45, 2.75) is 6.54 Å². The Labute approximate surface area is 187 Å². The number of hydrogen-bond acceptors (Lipinski definition) is 4. The molecule has 4 nitrogen and oxygen atoms in total. The third kappa shape index (κ3) is 4.87. The van der Waals surface area contributed by atoms with Gasteiger partial charge in [0.05, 0.1) is 10.9 Å². The Bertz CT molecular complexity index is 1010. The van der Waals surface area contributed by atoms with E-state index in [0.29, 0.717) is 12.4 Å². The average Bonchev–Trinajstić information content (AvgIpc) is 2.67. The zero-order chi connectivity index (χ0) is 17.1. The van der Waals surface area contributed by atoms with E-state index in [1.54, 1.807) is 6.07 Å². The van der Waals surface area contributed by atoms with E-state index in [1.807, 2.05) is 42.5 Å². The van der Waals surface area contributed by atoms with Gasteiger partial charge in [0.15, 0.2) is 0 Å². The Morgan fingerprint density at radius 2 is 1.74 bits per heavy atom. The van der Waals surface area contributed by atoms with Crippen LogP contribution in [0.3, 0.4) is 0 Å². The molecule has 2 aromatic heterocycles. The maximum Gasteiger partial charge on any atom is 2.00 e. The Balaban J connectivity index is 0.00000131. The molecule has 4 aromatic rings. The molecule has 27 heavy (non-hydrogen) atoms. The fourth-order valence-electron chi connectivity index (χ4n) is 2.77. The molecular weight excluding hydrogens is 582 g/mol. The first-order valence-electron chi connectivity index (χ1n) is 7.89. The number of aromatic nitrogens is 3. The van der Waals surface area contributed by atoms with Gasteiger partial charge in [0, 0.05) is 6.54 Å². The number of nitrogens with one attached hydrogen (secondary N) is 1. The maximum atomic E-state index is 6.12. The van der Waals surface area contributed by atoms with E-state index in [-0.39, 0.29) is 43.8 Å². The minimum absolute atomic E-state index is 0. The van der Waals surface area contributed by atoms with Crippen LogP contribution in [0.5, 0.6) is 0 Å². The van der Waals surface area contributed by atoms with Crippen molar-refractivity contribution in [2.24, 2.45) is 0 Å². The molecule has 4 rings (SSSR count). The second-order valence-corrected chi connectivity index (χ2v) is 5.86. The number of benzene rings is 2. The minimum atomic E-state index is 0. The monoisotopic (exact) mass is 598 g/mol. The number of anilines is 1. The standard InChI is InChI=1S/C20H14ClN4.CH3.U/c21-20-24-17-11-6-10-16(14-7-2-1-3-8-14)18(17)19(25-20)23-13-15-9-4-5-12-22-15;;/h1-11H,13H2,(H,23,24,25);1H3;/q2*-1;+2. The summed E-state index contributed by atoms with van der Waals surface area (Å²) < 4.78 is 0. The molecule has 0 bridgehead atoms. The third-order valence-electron chi connectivity index (χ3n) is 3.89. The molecule has 0 fully saturated rings. The Kier molecular flexibility index (Phi) is 7.80. The normalized spacial score (nSPS) is 9.96. The molecule has 2 aromatic carbocycles. The van der Waals surface area contributed by atoms with Crippen LogP contribution in [0.15, 0.2) is 66.7 Å². The van der Waals surface area contributed by atoms with Crippen LogP contribution < -0.4 is 5.32 Å². The number of pyridine rings is 1. The van der Waals surface area contributed by atoms with Gasteiger partial charge in [-0.1, -0.05) is 54.4 Å². The summed E-state index contributed by atoms with van der Waals surface area (Å²) >= 11 is 6.12. The van der Waals surface area contributed by atoms with Crippen molar-refractivity contribution < 1.29 is 31.1 Å². The van der Waals surface area contributed by atoms with Gasteiger partial charge in [-0.25, -0.2) is 9.97 Å². The second kappa shape index (κ2) is 9.85.